The third-order valence-corrected chi connectivity index (χ3v) is 7.23. The lowest BCUT2D eigenvalue weighted by atomic mass is 9.99. The molecule has 0 spiro atoms. The molecule has 0 aliphatic rings. The molecule has 202 valence electrons. The van der Waals surface area contributed by atoms with Gasteiger partial charge >= 0.3 is 0 Å². The summed E-state index contributed by atoms with van der Waals surface area (Å²) in [6.45, 7) is 7.59. The van der Waals surface area contributed by atoms with E-state index < -0.39 is 0 Å². The first-order chi connectivity index (χ1) is 20.1. The summed E-state index contributed by atoms with van der Waals surface area (Å²) in [5.41, 5.74) is 9.56. The summed E-state index contributed by atoms with van der Waals surface area (Å²) in [5, 5.41) is 13.2. The summed E-state index contributed by atoms with van der Waals surface area (Å²) < 4.78 is 14.0. The van der Waals surface area contributed by atoms with Crippen LogP contribution in [0.4, 0.5) is 4.39 Å². The van der Waals surface area contributed by atoms with Crippen molar-refractivity contribution in [2.75, 3.05) is 6.54 Å². The highest BCUT2D eigenvalue weighted by molar-refractivity contribution is 6.00. The second-order valence-electron chi connectivity index (χ2n) is 9.90. The Morgan fingerprint density at radius 3 is 2.66 bits per heavy atom. The van der Waals surface area contributed by atoms with Gasteiger partial charge in [0.05, 0.1) is 11.2 Å². The molecule has 6 aromatic rings. The van der Waals surface area contributed by atoms with Gasteiger partial charge in [0.1, 0.15) is 17.2 Å². The van der Waals surface area contributed by atoms with E-state index in [1.807, 2.05) is 37.3 Å². The number of aromatic nitrogens is 4. The van der Waals surface area contributed by atoms with Crippen LogP contribution in [0.15, 0.2) is 122 Å². The maximum Gasteiger partial charge on any atom is 0.138 e. The van der Waals surface area contributed by atoms with E-state index in [0.717, 1.165) is 67.7 Å². The normalized spacial score (nSPS) is 12.3. The third kappa shape index (κ3) is 5.51. The third-order valence-electron chi connectivity index (χ3n) is 7.23. The predicted octanol–water partition coefficient (Wildman–Crippen LogP) is 8.22. The first kappa shape index (κ1) is 26.2. The molecule has 41 heavy (non-hydrogen) atoms. The molecule has 0 saturated carbocycles. The molecule has 0 unspecified atom stereocenters. The van der Waals surface area contributed by atoms with Crippen molar-refractivity contribution < 1.29 is 4.39 Å². The number of hydrogen-bond acceptors (Lipinski definition) is 3. The fraction of sp³-hybridized carbons (Fsp3) is 0.0857. The van der Waals surface area contributed by atoms with Crippen LogP contribution in [0.3, 0.4) is 0 Å². The first-order valence-corrected chi connectivity index (χ1v) is 13.6. The molecule has 0 aliphatic heterocycles. The molecule has 0 amide bonds. The average Bonchev–Trinajstić information content (AvgIpc) is 3.63. The van der Waals surface area contributed by atoms with Crippen LogP contribution in [0.1, 0.15) is 18.1 Å². The summed E-state index contributed by atoms with van der Waals surface area (Å²) in [6.07, 6.45) is 7.92. The van der Waals surface area contributed by atoms with E-state index in [9.17, 15) is 4.39 Å². The highest BCUT2D eigenvalue weighted by Gasteiger charge is 2.15. The number of pyridine rings is 1. The molecule has 5 nitrogen and oxygen atoms in total. The van der Waals surface area contributed by atoms with E-state index in [0.29, 0.717) is 6.54 Å². The molecule has 3 N–H and O–H groups in total. The van der Waals surface area contributed by atoms with E-state index in [4.69, 9.17) is 0 Å². The van der Waals surface area contributed by atoms with E-state index in [1.165, 1.54) is 11.6 Å². The van der Waals surface area contributed by atoms with Gasteiger partial charge in [0.15, 0.2) is 0 Å². The van der Waals surface area contributed by atoms with Crippen molar-refractivity contribution in [2.45, 2.75) is 13.5 Å². The largest absolute Gasteiger partial charge is 0.338 e. The van der Waals surface area contributed by atoms with Crippen molar-refractivity contribution in [3.63, 3.8) is 0 Å². The second-order valence-corrected chi connectivity index (χ2v) is 9.90. The Morgan fingerprint density at radius 1 is 0.976 bits per heavy atom. The maximum absolute atomic E-state index is 14.0. The fourth-order valence-corrected chi connectivity index (χ4v) is 5.12. The molecule has 0 saturated heterocycles. The highest BCUT2D eigenvalue weighted by Crippen LogP contribution is 2.34. The average molecular weight is 540 g/mol. The van der Waals surface area contributed by atoms with Crippen molar-refractivity contribution in [3.8, 4) is 22.5 Å². The predicted molar refractivity (Wildman–Crippen MR) is 167 cm³/mol. The van der Waals surface area contributed by atoms with Gasteiger partial charge < -0.3 is 10.3 Å². The Kier molecular flexibility index (Phi) is 7.39. The summed E-state index contributed by atoms with van der Waals surface area (Å²) in [6, 6.07) is 27.2. The maximum atomic E-state index is 14.0. The molecule has 6 heteroatoms. The Morgan fingerprint density at radius 2 is 1.85 bits per heavy atom. The Hall–Kier alpha value is -5.07. The van der Waals surface area contributed by atoms with Crippen LogP contribution in [-0.2, 0) is 6.54 Å². The van der Waals surface area contributed by atoms with Crippen molar-refractivity contribution >= 4 is 27.5 Å². The molecular weight excluding hydrogens is 509 g/mol. The minimum absolute atomic E-state index is 0.269. The lowest BCUT2D eigenvalue weighted by Crippen LogP contribution is -2.15. The van der Waals surface area contributed by atoms with Crippen LogP contribution in [-0.4, -0.2) is 26.7 Å². The van der Waals surface area contributed by atoms with Gasteiger partial charge in [-0.3, -0.25) is 5.10 Å². The smallest absolute Gasteiger partial charge is 0.138 e. The van der Waals surface area contributed by atoms with Gasteiger partial charge in [0.2, 0.25) is 0 Å². The zero-order valence-corrected chi connectivity index (χ0v) is 22.8. The molecule has 3 aromatic heterocycles. The van der Waals surface area contributed by atoms with Crippen molar-refractivity contribution in [3.05, 3.63) is 138 Å². The van der Waals surface area contributed by atoms with E-state index >= 15 is 0 Å². The minimum atomic E-state index is -0.269. The van der Waals surface area contributed by atoms with Crippen LogP contribution in [0.25, 0.3) is 50.0 Å². The number of allylic oxidation sites excluding steroid dienone is 3. The zero-order chi connectivity index (χ0) is 28.2. The van der Waals surface area contributed by atoms with Crippen LogP contribution >= 0.6 is 0 Å². The molecule has 0 aliphatic carbocycles. The summed E-state index contributed by atoms with van der Waals surface area (Å²) in [4.78, 5) is 7.95. The van der Waals surface area contributed by atoms with Crippen LogP contribution < -0.4 is 5.32 Å². The van der Waals surface area contributed by atoms with Gasteiger partial charge in [-0.25, -0.2) is 9.37 Å². The number of benzene rings is 3. The Bertz CT molecular complexity index is 1910. The van der Waals surface area contributed by atoms with E-state index in [-0.39, 0.29) is 5.82 Å². The fourth-order valence-electron chi connectivity index (χ4n) is 5.12. The molecule has 0 bridgehead atoms. The van der Waals surface area contributed by atoms with Crippen molar-refractivity contribution in [1.29, 1.82) is 0 Å². The number of nitrogens with one attached hydrogen (secondary N) is 3. The van der Waals surface area contributed by atoms with E-state index in [1.54, 1.807) is 18.3 Å². The van der Waals surface area contributed by atoms with Gasteiger partial charge in [-0.15, -0.1) is 0 Å². The quantitative estimate of drug-likeness (QED) is 0.162. The number of halogens is 1. The number of H-pyrrole nitrogens is 2. The van der Waals surface area contributed by atoms with Crippen molar-refractivity contribution in [1.82, 2.24) is 25.5 Å². The summed E-state index contributed by atoms with van der Waals surface area (Å²) >= 11 is 0. The first-order valence-electron chi connectivity index (χ1n) is 13.6. The second kappa shape index (κ2) is 11.6. The number of rotatable bonds is 9. The molecule has 6 rings (SSSR count). The lowest BCUT2D eigenvalue weighted by Gasteiger charge is -2.09. The highest BCUT2D eigenvalue weighted by atomic mass is 19.1. The van der Waals surface area contributed by atoms with Gasteiger partial charge in [-0.2, -0.15) is 5.10 Å². The lowest BCUT2D eigenvalue weighted by molar-refractivity contribution is 0.628. The number of hydrogen-bond donors (Lipinski definition) is 3. The topological polar surface area (TPSA) is 69.4 Å². The Balaban J connectivity index is 1.31. The van der Waals surface area contributed by atoms with Crippen LogP contribution in [0.2, 0.25) is 0 Å². The van der Waals surface area contributed by atoms with Gasteiger partial charge in [0.25, 0.3) is 0 Å². The Labute approximate surface area is 238 Å². The van der Waals surface area contributed by atoms with Gasteiger partial charge in [-0.1, -0.05) is 73.3 Å². The molecule has 3 heterocycles. The summed E-state index contributed by atoms with van der Waals surface area (Å²) in [7, 11) is 0. The van der Waals surface area contributed by atoms with Crippen LogP contribution in [0, 0.1) is 5.82 Å². The standard InChI is InChI=1S/C35H30FN5/c1-3-23(21-37-22-24-9-6-5-7-10-24)17-25(4-2)26-13-14-32-31(19-26)34(41-40-32)33-20-30-29(15-16-38-35(30)39-33)27-11-8-12-28(36)18-27/h3-20,37H,1,21-22H2,2H3,(H,38,39)(H,40,41)/b23-17+,25-4+. The monoisotopic (exact) mass is 539 g/mol. The van der Waals surface area contributed by atoms with Crippen molar-refractivity contribution in [2.24, 2.45) is 0 Å². The molecular formula is C35H30FN5. The molecule has 3 aromatic carbocycles. The van der Waals surface area contributed by atoms with Gasteiger partial charge in [-0.05, 0) is 76.7 Å². The molecule has 0 fully saturated rings. The number of nitrogens with zero attached hydrogens (tertiary/aromatic N) is 2. The molecule has 0 atom stereocenters. The number of fused-ring (bicyclic) bond motifs is 2. The van der Waals surface area contributed by atoms with Crippen LogP contribution in [0.5, 0.6) is 0 Å². The van der Waals surface area contributed by atoms with Gasteiger partial charge in [0, 0.05) is 30.1 Å². The zero-order valence-electron chi connectivity index (χ0n) is 22.8. The summed E-state index contributed by atoms with van der Waals surface area (Å²) in [5.74, 6) is -0.269. The molecule has 0 radical (unpaired) electrons. The SMILES string of the molecule is C=C/C(=C\C(=C/C)c1ccc2[nH]nc(-c3cc4c(-c5cccc(F)c5)ccnc4[nH]3)c2c1)CNCc1ccccc1. The minimum Gasteiger partial charge on any atom is -0.338 e. The number of aromatic amines is 2. The van der Waals surface area contributed by atoms with E-state index in [2.05, 4.69) is 86.7 Å².